The standard InChI is InChI=1S/C13H11BrClNO3/c14-8-2-4-11(15)10(6-8)12(17)16-9-3-1-7(5-9)13(18)19/h1-4,6-7,9H,5H2,(H,16,17)(H,18,19). The average Bonchev–Trinajstić information content (AvgIpc) is 2.80. The van der Waals surface area contributed by atoms with Crippen molar-refractivity contribution in [3.8, 4) is 0 Å². The van der Waals surface area contributed by atoms with E-state index in [4.69, 9.17) is 16.7 Å². The summed E-state index contributed by atoms with van der Waals surface area (Å²) in [7, 11) is 0. The molecule has 1 aromatic rings. The van der Waals surface area contributed by atoms with Crippen LogP contribution in [-0.4, -0.2) is 23.0 Å². The Labute approximate surface area is 123 Å². The van der Waals surface area contributed by atoms with E-state index in [1.54, 1.807) is 30.4 Å². The second-order valence-corrected chi connectivity index (χ2v) is 5.59. The van der Waals surface area contributed by atoms with Gasteiger partial charge in [-0.2, -0.15) is 0 Å². The molecule has 0 fully saturated rings. The van der Waals surface area contributed by atoms with Crippen molar-refractivity contribution >= 4 is 39.4 Å². The van der Waals surface area contributed by atoms with E-state index in [1.807, 2.05) is 0 Å². The zero-order valence-corrected chi connectivity index (χ0v) is 12.1. The van der Waals surface area contributed by atoms with E-state index in [0.29, 0.717) is 17.0 Å². The highest BCUT2D eigenvalue weighted by atomic mass is 79.9. The van der Waals surface area contributed by atoms with Gasteiger partial charge in [-0.25, -0.2) is 0 Å². The summed E-state index contributed by atoms with van der Waals surface area (Å²) in [4.78, 5) is 22.9. The molecule has 1 aromatic carbocycles. The normalized spacial score (nSPS) is 21.4. The summed E-state index contributed by atoms with van der Waals surface area (Å²) in [6.45, 7) is 0. The number of rotatable bonds is 3. The molecule has 0 bridgehead atoms. The third-order valence-electron chi connectivity index (χ3n) is 2.89. The van der Waals surface area contributed by atoms with Crippen LogP contribution in [0.4, 0.5) is 0 Å². The summed E-state index contributed by atoms with van der Waals surface area (Å²) >= 11 is 9.24. The van der Waals surface area contributed by atoms with Crippen LogP contribution >= 0.6 is 27.5 Å². The molecular weight excluding hydrogens is 334 g/mol. The van der Waals surface area contributed by atoms with Crippen molar-refractivity contribution in [2.45, 2.75) is 12.5 Å². The zero-order valence-electron chi connectivity index (χ0n) is 9.77. The fraction of sp³-hybridized carbons (Fsp3) is 0.231. The van der Waals surface area contributed by atoms with Gasteiger partial charge in [-0.3, -0.25) is 9.59 Å². The number of benzene rings is 1. The van der Waals surface area contributed by atoms with Gasteiger partial charge in [0.15, 0.2) is 0 Å². The number of hydrogen-bond donors (Lipinski definition) is 2. The molecule has 1 aliphatic rings. The van der Waals surface area contributed by atoms with Gasteiger partial charge in [0.2, 0.25) is 0 Å². The third-order valence-corrected chi connectivity index (χ3v) is 3.71. The Hall–Kier alpha value is -1.33. The molecule has 4 nitrogen and oxygen atoms in total. The number of carboxylic acid groups (broad SMARTS) is 1. The van der Waals surface area contributed by atoms with Crippen LogP contribution in [0, 0.1) is 5.92 Å². The Kier molecular flexibility index (Phi) is 4.27. The summed E-state index contributed by atoms with van der Waals surface area (Å²) < 4.78 is 0.757. The van der Waals surface area contributed by atoms with E-state index in [0.717, 1.165) is 4.47 Å². The number of nitrogens with one attached hydrogen (secondary N) is 1. The first-order chi connectivity index (χ1) is 8.97. The first-order valence-electron chi connectivity index (χ1n) is 5.64. The highest BCUT2D eigenvalue weighted by molar-refractivity contribution is 9.10. The minimum Gasteiger partial charge on any atom is -0.481 e. The minimum absolute atomic E-state index is 0.274. The Morgan fingerprint density at radius 2 is 2.11 bits per heavy atom. The van der Waals surface area contributed by atoms with Crippen molar-refractivity contribution in [2.24, 2.45) is 5.92 Å². The lowest BCUT2D eigenvalue weighted by Crippen LogP contribution is -2.33. The quantitative estimate of drug-likeness (QED) is 0.829. The maximum absolute atomic E-state index is 12.1. The van der Waals surface area contributed by atoms with Gasteiger partial charge in [-0.05, 0) is 24.6 Å². The molecule has 2 atom stereocenters. The minimum atomic E-state index is -0.881. The second kappa shape index (κ2) is 5.75. The Morgan fingerprint density at radius 1 is 1.37 bits per heavy atom. The van der Waals surface area contributed by atoms with Crippen LogP contribution in [0.5, 0.6) is 0 Å². The largest absolute Gasteiger partial charge is 0.481 e. The number of hydrogen-bond acceptors (Lipinski definition) is 2. The van der Waals surface area contributed by atoms with Crippen LogP contribution in [0.3, 0.4) is 0 Å². The highest BCUT2D eigenvalue weighted by Gasteiger charge is 2.26. The number of aliphatic carboxylic acids is 1. The molecule has 0 spiro atoms. The van der Waals surface area contributed by atoms with E-state index < -0.39 is 11.9 Å². The molecule has 0 saturated heterocycles. The van der Waals surface area contributed by atoms with Gasteiger partial charge in [0.1, 0.15) is 0 Å². The summed E-state index contributed by atoms with van der Waals surface area (Å²) in [6, 6.07) is 4.73. The second-order valence-electron chi connectivity index (χ2n) is 4.27. The van der Waals surface area contributed by atoms with E-state index in [-0.39, 0.29) is 11.9 Å². The van der Waals surface area contributed by atoms with Crippen molar-refractivity contribution < 1.29 is 14.7 Å². The summed E-state index contributed by atoms with van der Waals surface area (Å²) in [5, 5.41) is 12.0. The number of carbonyl (C=O) groups excluding carboxylic acids is 1. The molecule has 2 N–H and O–H groups in total. The fourth-order valence-corrected chi connectivity index (χ4v) is 2.47. The van der Waals surface area contributed by atoms with Crippen molar-refractivity contribution in [1.29, 1.82) is 0 Å². The van der Waals surface area contributed by atoms with E-state index in [9.17, 15) is 9.59 Å². The molecule has 6 heteroatoms. The average molecular weight is 345 g/mol. The van der Waals surface area contributed by atoms with E-state index in [1.165, 1.54) is 0 Å². The first-order valence-corrected chi connectivity index (χ1v) is 6.81. The Morgan fingerprint density at radius 3 is 2.74 bits per heavy atom. The van der Waals surface area contributed by atoms with E-state index >= 15 is 0 Å². The molecule has 0 heterocycles. The lowest BCUT2D eigenvalue weighted by Gasteiger charge is -2.13. The summed E-state index contributed by atoms with van der Waals surface area (Å²) in [6.07, 6.45) is 3.66. The third kappa shape index (κ3) is 3.36. The van der Waals surface area contributed by atoms with Crippen LogP contribution in [0.15, 0.2) is 34.8 Å². The van der Waals surface area contributed by atoms with Crippen molar-refractivity contribution in [3.63, 3.8) is 0 Å². The topological polar surface area (TPSA) is 66.4 Å². The zero-order chi connectivity index (χ0) is 14.0. The lowest BCUT2D eigenvalue weighted by molar-refractivity contribution is -0.140. The molecule has 19 heavy (non-hydrogen) atoms. The molecule has 2 rings (SSSR count). The van der Waals surface area contributed by atoms with Crippen LogP contribution in [-0.2, 0) is 4.79 Å². The SMILES string of the molecule is O=C(NC1C=CC(C(=O)O)C1)c1cc(Br)ccc1Cl. The predicted octanol–water partition coefficient (Wildman–Crippen LogP) is 2.86. The van der Waals surface area contributed by atoms with E-state index in [2.05, 4.69) is 21.2 Å². The highest BCUT2D eigenvalue weighted by Crippen LogP contribution is 2.22. The lowest BCUT2D eigenvalue weighted by atomic mass is 10.1. The molecule has 100 valence electrons. The molecule has 0 aliphatic heterocycles. The molecule has 0 radical (unpaired) electrons. The van der Waals surface area contributed by atoms with Crippen LogP contribution in [0.1, 0.15) is 16.8 Å². The molecule has 0 aromatic heterocycles. The number of carbonyl (C=O) groups is 2. The summed E-state index contributed by atoms with van der Waals surface area (Å²) in [5.41, 5.74) is 0.364. The van der Waals surface area contributed by atoms with Gasteiger partial charge in [0.05, 0.1) is 16.5 Å². The van der Waals surface area contributed by atoms with Crippen LogP contribution in [0.25, 0.3) is 0 Å². The predicted molar refractivity (Wildman–Crippen MR) is 75.3 cm³/mol. The maximum atomic E-state index is 12.1. The number of amides is 1. The number of carboxylic acids is 1. The molecule has 1 amide bonds. The molecule has 2 unspecified atom stereocenters. The summed E-state index contributed by atoms with van der Waals surface area (Å²) in [5.74, 6) is -1.73. The van der Waals surface area contributed by atoms with Crippen molar-refractivity contribution in [3.05, 3.63) is 45.4 Å². The van der Waals surface area contributed by atoms with Crippen LogP contribution in [0.2, 0.25) is 5.02 Å². The smallest absolute Gasteiger partial charge is 0.310 e. The molecular formula is C13H11BrClNO3. The monoisotopic (exact) mass is 343 g/mol. The first kappa shape index (κ1) is 14.1. The van der Waals surface area contributed by atoms with Gasteiger partial charge in [0.25, 0.3) is 5.91 Å². The van der Waals surface area contributed by atoms with Gasteiger partial charge in [-0.1, -0.05) is 39.7 Å². The van der Waals surface area contributed by atoms with Crippen molar-refractivity contribution in [1.82, 2.24) is 5.32 Å². The van der Waals surface area contributed by atoms with Crippen LogP contribution < -0.4 is 5.32 Å². The maximum Gasteiger partial charge on any atom is 0.310 e. The number of halogens is 2. The van der Waals surface area contributed by atoms with Gasteiger partial charge in [-0.15, -0.1) is 0 Å². The molecule has 0 saturated carbocycles. The van der Waals surface area contributed by atoms with Crippen molar-refractivity contribution in [2.75, 3.05) is 0 Å². The fourth-order valence-electron chi connectivity index (χ4n) is 1.91. The Balaban J connectivity index is 2.05. The van der Waals surface area contributed by atoms with Gasteiger partial charge in [0, 0.05) is 10.5 Å². The Bertz CT molecular complexity index is 559. The van der Waals surface area contributed by atoms with Gasteiger partial charge >= 0.3 is 5.97 Å². The molecule has 1 aliphatic carbocycles. The van der Waals surface area contributed by atoms with Gasteiger partial charge < -0.3 is 10.4 Å².